The number of fused-ring (bicyclic) bond motifs is 5. The molecule has 3 fully saturated rings. The number of likely N-dealkylation sites (N-methyl/N-ethyl adjacent to an activating group) is 1. The van der Waals surface area contributed by atoms with Crippen molar-refractivity contribution >= 4 is 46.8 Å². The Morgan fingerprint density at radius 1 is 0.875 bits per heavy atom. The number of unbranched alkanes of at least 4 members (excludes halogenated alkanes) is 2. The molecule has 0 radical (unpaired) electrons. The van der Waals surface area contributed by atoms with Crippen LogP contribution in [-0.2, 0) is 42.8 Å². The number of cyclic esters (lactones) is 1. The average molecular weight is 1150 g/mol. The summed E-state index contributed by atoms with van der Waals surface area (Å²) in [7, 11) is 5.23. The van der Waals surface area contributed by atoms with Crippen molar-refractivity contribution in [3.05, 3.63) is 65.6 Å². The van der Waals surface area contributed by atoms with E-state index in [0.717, 1.165) is 10.4 Å². The molecule has 7 rings (SSSR count). The third-order valence-electron chi connectivity index (χ3n) is 16.9. The first-order valence-electron chi connectivity index (χ1n) is 28.5. The normalized spacial score (nSPS) is 36.8. The molecule has 0 bridgehead atoms. The number of hydrogen-bond acceptors (Lipinski definition) is 18. The smallest absolute Gasteiger partial charge is 0.311 e. The van der Waals surface area contributed by atoms with Gasteiger partial charge in [-0.3, -0.25) is 9.59 Å². The van der Waals surface area contributed by atoms with Gasteiger partial charge in [-0.25, -0.2) is 0 Å². The summed E-state index contributed by atoms with van der Waals surface area (Å²) in [5, 5.41) is 67.9. The Hall–Kier alpha value is -3.80. The lowest BCUT2D eigenvalue weighted by atomic mass is 9.73. The van der Waals surface area contributed by atoms with Gasteiger partial charge in [0.2, 0.25) is 5.91 Å². The van der Waals surface area contributed by atoms with Gasteiger partial charge in [0.1, 0.15) is 30.5 Å². The fraction of sp³-hybridized carbons (Fsp3) is 0.656. The first-order chi connectivity index (χ1) is 37.8. The Bertz CT molecular complexity index is 2550. The molecule has 5 heterocycles. The minimum absolute atomic E-state index is 0.0312. The van der Waals surface area contributed by atoms with Crippen LogP contribution in [0, 0.1) is 23.7 Å². The van der Waals surface area contributed by atoms with Gasteiger partial charge < -0.3 is 69.0 Å². The van der Waals surface area contributed by atoms with Crippen LogP contribution in [0.1, 0.15) is 119 Å². The van der Waals surface area contributed by atoms with E-state index in [2.05, 4.69) is 65.1 Å². The molecular weight excluding hydrogens is 1060 g/mol. The second-order valence-corrected chi connectivity index (χ2v) is 25.8. The number of ether oxygens (including phenoxy) is 6. The standard InChI is InChI=1S/C61H89N3O14S2/c1-14-47-61(10,71)54(67)36(4)50(63-73-29-21-15-20-28-62-48(65)27-26-40-31-43-41-22-16-18-24-45(41)80-46-25-19-17-23-42(46)53(43)79-40)34(2)32-59(8,70)56(78-58-51(66)44(64(11)12)30-35(3)74-58)37(5)52(38(6)57(69)76-47)77-49-33-60(9,72-13)55(68)39(7)75-49/h16-19,22-27,31,34-39,44,47,49,51-52,54-56,58,66-68,70-71H,14-15,20-21,28-30,32-33H2,1-13H3,(H,62,65)/b27-26+,63-50+/t34-,35-,36+,37+,38-,39+,44+,47-,49+,51-,52+,54-,55+,56-,58+,59-,60-,61-/m1/s1. The summed E-state index contributed by atoms with van der Waals surface area (Å²) in [4.78, 5) is 40.1. The van der Waals surface area contributed by atoms with Crippen LogP contribution in [0.25, 0.3) is 27.6 Å². The largest absolute Gasteiger partial charge is 0.459 e. The minimum atomic E-state index is -1.99. The van der Waals surface area contributed by atoms with Gasteiger partial charge in [-0.1, -0.05) is 81.0 Å². The van der Waals surface area contributed by atoms with Gasteiger partial charge in [0.05, 0.1) is 53.4 Å². The van der Waals surface area contributed by atoms with Crippen molar-refractivity contribution in [1.29, 1.82) is 0 Å². The zero-order valence-electron chi connectivity index (χ0n) is 49.0. The highest BCUT2D eigenvalue weighted by Gasteiger charge is 2.53. The van der Waals surface area contributed by atoms with E-state index in [1.807, 2.05) is 38.9 Å². The van der Waals surface area contributed by atoms with Crippen molar-refractivity contribution in [1.82, 2.24) is 10.2 Å². The molecule has 0 spiro atoms. The first-order valence-corrected chi connectivity index (χ1v) is 30.1. The predicted molar refractivity (Wildman–Crippen MR) is 310 cm³/mol. The van der Waals surface area contributed by atoms with E-state index in [4.69, 9.17) is 33.3 Å². The number of methoxy groups -OCH3 is 1. The fourth-order valence-corrected chi connectivity index (χ4v) is 14.4. The molecule has 0 aliphatic carbocycles. The minimum Gasteiger partial charge on any atom is -0.459 e. The van der Waals surface area contributed by atoms with E-state index < -0.39 is 102 Å². The number of thiophene rings is 1. The first kappa shape index (κ1) is 63.8. The average Bonchev–Trinajstić information content (AvgIpc) is 3.80. The Balaban J connectivity index is 1.07. The molecule has 4 aliphatic heterocycles. The number of carbonyl (C=O) groups excluding carboxylic acids is 2. The van der Waals surface area contributed by atoms with Gasteiger partial charge in [0.15, 0.2) is 12.6 Å². The van der Waals surface area contributed by atoms with Crippen molar-refractivity contribution < 1.29 is 68.4 Å². The van der Waals surface area contributed by atoms with E-state index in [9.17, 15) is 35.1 Å². The number of amides is 1. The molecule has 19 heteroatoms. The van der Waals surface area contributed by atoms with Crippen LogP contribution in [0.15, 0.2) is 75.6 Å². The molecule has 2 aromatic carbocycles. The number of carbonyl (C=O) groups is 2. The number of nitrogens with one attached hydrogen (secondary N) is 1. The number of oxime groups is 1. The lowest BCUT2D eigenvalue weighted by molar-refractivity contribution is -0.317. The third kappa shape index (κ3) is 14.6. The lowest BCUT2D eigenvalue weighted by Crippen LogP contribution is -2.61. The summed E-state index contributed by atoms with van der Waals surface area (Å²) in [6.07, 6.45) is -4.27. The van der Waals surface area contributed by atoms with E-state index in [1.165, 1.54) is 39.8 Å². The maximum absolute atomic E-state index is 14.6. The SMILES string of the molecule is CC[C@H]1OC(=O)[C@H](C)[C@@H](O[C@H]2C[C@@](C)(OC)[C@@H](O)[C@H](C)O2)[C@H](C)[C@@H](O[C@@H]2O[C@H](C)C[C@H](N(C)C)[C@H]2O)[C@](C)(O)C[C@@H](C)/C(=N\OCCCCCNC(=O)/C=C/c2cc3c(s2)-c2ccccc2Sc2ccccc2-3)[C@H](C)[C@@H](O)[C@]1(C)O. The number of rotatable bonds is 16. The summed E-state index contributed by atoms with van der Waals surface area (Å²) in [6, 6.07) is 18.6. The van der Waals surface area contributed by atoms with E-state index in [-0.39, 0.29) is 43.9 Å². The molecule has 17 nitrogen and oxygen atoms in total. The Morgan fingerprint density at radius 2 is 1.55 bits per heavy atom. The number of hydrogen-bond donors (Lipinski definition) is 6. The van der Waals surface area contributed by atoms with Crippen LogP contribution in [0.3, 0.4) is 0 Å². The second kappa shape index (κ2) is 27.3. The molecule has 3 saturated heterocycles. The van der Waals surface area contributed by atoms with E-state index in [0.29, 0.717) is 37.9 Å². The zero-order chi connectivity index (χ0) is 58.4. The number of esters is 1. The molecule has 1 aromatic heterocycles. The van der Waals surface area contributed by atoms with Gasteiger partial charge in [-0.2, -0.15) is 0 Å². The summed E-state index contributed by atoms with van der Waals surface area (Å²) in [6.45, 7) is 17.8. The van der Waals surface area contributed by atoms with E-state index >= 15 is 0 Å². The molecule has 6 N–H and O–H groups in total. The van der Waals surface area contributed by atoms with Crippen LogP contribution in [-0.4, -0.2) is 167 Å². The second-order valence-electron chi connectivity index (χ2n) is 23.6. The molecule has 1 amide bonds. The monoisotopic (exact) mass is 1150 g/mol. The van der Waals surface area contributed by atoms with Crippen LogP contribution < -0.4 is 5.32 Å². The molecule has 3 aromatic rings. The number of nitrogens with zero attached hydrogens (tertiary/aromatic N) is 2. The summed E-state index contributed by atoms with van der Waals surface area (Å²) in [5.41, 5.74) is -0.988. The molecule has 0 saturated carbocycles. The fourth-order valence-electron chi connectivity index (χ4n) is 12.1. The van der Waals surface area contributed by atoms with Gasteiger partial charge in [0.25, 0.3) is 0 Å². The summed E-state index contributed by atoms with van der Waals surface area (Å²) < 4.78 is 38.1. The highest BCUT2D eigenvalue weighted by Crippen LogP contribution is 2.51. The van der Waals surface area contributed by atoms with Crippen molar-refractivity contribution in [2.24, 2.45) is 28.8 Å². The molecule has 18 atom stereocenters. The van der Waals surface area contributed by atoms with Crippen LogP contribution in [0.5, 0.6) is 0 Å². The van der Waals surface area contributed by atoms with Crippen LogP contribution in [0.2, 0.25) is 0 Å². The molecule has 0 unspecified atom stereocenters. The summed E-state index contributed by atoms with van der Waals surface area (Å²) in [5.74, 6) is -4.38. The topological polar surface area (TPSA) is 228 Å². The molecular formula is C61H89N3O14S2. The lowest BCUT2D eigenvalue weighted by Gasteiger charge is -2.49. The molecule has 4 aliphatic rings. The zero-order valence-corrected chi connectivity index (χ0v) is 50.6. The van der Waals surface area contributed by atoms with Gasteiger partial charge in [-0.15, -0.1) is 11.3 Å². The highest BCUT2D eigenvalue weighted by atomic mass is 32.2. The quantitative estimate of drug-likeness (QED) is 0.0268. The van der Waals surface area contributed by atoms with Crippen LogP contribution >= 0.6 is 23.1 Å². The van der Waals surface area contributed by atoms with Crippen molar-refractivity contribution in [2.45, 2.75) is 208 Å². The summed E-state index contributed by atoms with van der Waals surface area (Å²) >= 11 is 3.44. The third-order valence-corrected chi connectivity index (χ3v) is 19.2. The Kier molecular flexibility index (Phi) is 21.7. The number of aliphatic hydroxyl groups is 5. The Labute approximate surface area is 481 Å². The van der Waals surface area contributed by atoms with Crippen molar-refractivity contribution in [3.63, 3.8) is 0 Å². The van der Waals surface area contributed by atoms with Crippen LogP contribution in [0.4, 0.5) is 0 Å². The van der Waals surface area contributed by atoms with E-state index in [1.54, 1.807) is 77.6 Å². The van der Waals surface area contributed by atoms with Crippen molar-refractivity contribution in [3.8, 4) is 21.6 Å². The van der Waals surface area contributed by atoms with Crippen molar-refractivity contribution in [2.75, 3.05) is 34.4 Å². The number of aliphatic hydroxyl groups excluding tert-OH is 3. The number of benzene rings is 2. The predicted octanol–water partition coefficient (Wildman–Crippen LogP) is 8.45. The maximum atomic E-state index is 14.6. The Morgan fingerprint density at radius 3 is 2.23 bits per heavy atom. The van der Waals surface area contributed by atoms with Gasteiger partial charge in [-0.05, 0) is 124 Å². The van der Waals surface area contributed by atoms with Gasteiger partial charge >= 0.3 is 5.97 Å². The maximum Gasteiger partial charge on any atom is 0.311 e. The molecule has 444 valence electrons. The molecule has 80 heavy (non-hydrogen) atoms. The van der Waals surface area contributed by atoms with Gasteiger partial charge in [0, 0.05) is 80.6 Å². The highest BCUT2D eigenvalue weighted by molar-refractivity contribution is 7.99.